The predicted molar refractivity (Wildman–Crippen MR) is 97.4 cm³/mol. The van der Waals surface area contributed by atoms with Gasteiger partial charge in [-0.3, -0.25) is 4.57 Å². The molecule has 2 fully saturated rings. The van der Waals surface area contributed by atoms with Crippen molar-refractivity contribution in [1.29, 1.82) is 0 Å². The smallest absolute Gasteiger partial charge is 0.346 e. The first-order valence-electron chi connectivity index (χ1n) is 9.43. The van der Waals surface area contributed by atoms with Crippen LogP contribution < -0.4 is 11.0 Å². The first kappa shape index (κ1) is 17.5. The maximum atomic E-state index is 13.1. The van der Waals surface area contributed by atoms with Gasteiger partial charge in [-0.15, -0.1) is 0 Å². The van der Waals surface area contributed by atoms with E-state index in [4.69, 9.17) is 14.6 Å². The van der Waals surface area contributed by atoms with Gasteiger partial charge in [0, 0.05) is 5.92 Å². The zero-order valence-electron chi connectivity index (χ0n) is 15.0. The highest BCUT2D eigenvalue weighted by molar-refractivity contribution is 5.16. The van der Waals surface area contributed by atoms with E-state index in [1.165, 1.54) is 0 Å². The van der Waals surface area contributed by atoms with E-state index >= 15 is 0 Å². The van der Waals surface area contributed by atoms with Crippen molar-refractivity contribution in [2.45, 2.75) is 38.0 Å². The van der Waals surface area contributed by atoms with Crippen LogP contribution in [0, 0.1) is 0 Å². The highest BCUT2D eigenvalue weighted by Crippen LogP contribution is 2.23. The molecule has 7 nitrogen and oxygen atoms in total. The monoisotopic (exact) mass is 358 g/mol. The minimum atomic E-state index is -0.109. The number of aromatic nitrogens is 3. The summed E-state index contributed by atoms with van der Waals surface area (Å²) < 4.78 is 14.6. The third-order valence-electron chi connectivity index (χ3n) is 5.10. The summed E-state index contributed by atoms with van der Waals surface area (Å²) in [7, 11) is 0. The molecule has 0 radical (unpaired) electrons. The first-order valence-corrected chi connectivity index (χ1v) is 9.43. The Balaban J connectivity index is 1.63. The minimum Gasteiger partial charge on any atom is -0.376 e. The Hall–Kier alpha value is -1.96. The fourth-order valence-corrected chi connectivity index (χ4v) is 3.71. The SMILES string of the molecule is O=c1n(CC2COCCO2)nc(C2CCNCC2)n1Cc1ccccc1. The second-order valence-corrected chi connectivity index (χ2v) is 6.99. The van der Waals surface area contributed by atoms with Gasteiger partial charge < -0.3 is 14.8 Å². The van der Waals surface area contributed by atoms with Gasteiger partial charge in [0.25, 0.3) is 0 Å². The average Bonchev–Trinajstić information content (AvgIpc) is 3.00. The van der Waals surface area contributed by atoms with Crippen LogP contribution in [0.3, 0.4) is 0 Å². The Kier molecular flexibility index (Phi) is 5.48. The van der Waals surface area contributed by atoms with Crippen molar-refractivity contribution in [3.63, 3.8) is 0 Å². The van der Waals surface area contributed by atoms with Crippen LogP contribution in [-0.4, -0.2) is 53.4 Å². The van der Waals surface area contributed by atoms with Gasteiger partial charge in [0.1, 0.15) is 11.9 Å². The predicted octanol–water partition coefficient (Wildman–Crippen LogP) is 0.976. The molecule has 140 valence electrons. The molecule has 1 N–H and O–H groups in total. The van der Waals surface area contributed by atoms with Crippen LogP contribution >= 0.6 is 0 Å². The van der Waals surface area contributed by atoms with Gasteiger partial charge in [-0.05, 0) is 31.5 Å². The number of benzene rings is 1. The summed E-state index contributed by atoms with van der Waals surface area (Å²) in [6.45, 7) is 4.65. The summed E-state index contributed by atoms with van der Waals surface area (Å²) in [6.07, 6.45) is 1.91. The highest BCUT2D eigenvalue weighted by Gasteiger charge is 2.25. The van der Waals surface area contributed by atoms with Crippen molar-refractivity contribution < 1.29 is 9.47 Å². The lowest BCUT2D eigenvalue weighted by Gasteiger charge is -2.22. The normalized spacial score (nSPS) is 21.8. The number of ether oxygens (including phenoxy) is 2. The van der Waals surface area contributed by atoms with Crippen LogP contribution in [0.4, 0.5) is 0 Å². The zero-order chi connectivity index (χ0) is 17.8. The number of rotatable bonds is 5. The molecular formula is C19H26N4O3. The van der Waals surface area contributed by atoms with E-state index in [1.807, 2.05) is 34.9 Å². The minimum absolute atomic E-state index is 0.0587. The Bertz CT molecular complexity index is 759. The molecule has 1 atom stereocenters. The van der Waals surface area contributed by atoms with Crippen LogP contribution in [0.25, 0.3) is 0 Å². The molecule has 1 aromatic carbocycles. The molecule has 7 heteroatoms. The Labute approximate surface area is 152 Å². The summed E-state index contributed by atoms with van der Waals surface area (Å²) in [5.74, 6) is 1.22. The van der Waals surface area contributed by atoms with Crippen molar-refractivity contribution in [3.05, 3.63) is 52.2 Å². The van der Waals surface area contributed by atoms with E-state index in [1.54, 1.807) is 4.68 Å². The molecule has 2 saturated heterocycles. The van der Waals surface area contributed by atoms with Crippen LogP contribution in [0.2, 0.25) is 0 Å². The van der Waals surface area contributed by atoms with Crippen molar-refractivity contribution in [2.24, 2.45) is 0 Å². The van der Waals surface area contributed by atoms with Gasteiger partial charge in [0.15, 0.2) is 0 Å². The maximum absolute atomic E-state index is 13.1. The molecule has 0 amide bonds. The lowest BCUT2D eigenvalue weighted by molar-refractivity contribution is -0.0950. The van der Waals surface area contributed by atoms with Crippen LogP contribution in [0.5, 0.6) is 0 Å². The van der Waals surface area contributed by atoms with Crippen LogP contribution in [0.15, 0.2) is 35.1 Å². The molecule has 2 aromatic rings. The topological polar surface area (TPSA) is 70.3 Å². The number of hydrogen-bond donors (Lipinski definition) is 1. The molecule has 0 spiro atoms. The maximum Gasteiger partial charge on any atom is 0.346 e. The number of nitrogens with one attached hydrogen (secondary N) is 1. The lowest BCUT2D eigenvalue weighted by Crippen LogP contribution is -2.36. The third-order valence-corrected chi connectivity index (χ3v) is 5.10. The van der Waals surface area contributed by atoms with Gasteiger partial charge in [-0.25, -0.2) is 9.48 Å². The Morgan fingerprint density at radius 3 is 2.69 bits per heavy atom. The summed E-state index contributed by atoms with van der Waals surface area (Å²) in [6, 6.07) is 10.1. The van der Waals surface area contributed by atoms with E-state index in [9.17, 15) is 4.79 Å². The molecule has 26 heavy (non-hydrogen) atoms. The molecule has 3 heterocycles. The van der Waals surface area contributed by atoms with Crippen LogP contribution in [0.1, 0.15) is 30.1 Å². The van der Waals surface area contributed by atoms with Gasteiger partial charge in [0.2, 0.25) is 0 Å². The third kappa shape index (κ3) is 3.90. The quantitative estimate of drug-likeness (QED) is 0.863. The Morgan fingerprint density at radius 2 is 1.96 bits per heavy atom. The van der Waals surface area contributed by atoms with Gasteiger partial charge in [-0.2, -0.15) is 5.10 Å². The zero-order valence-corrected chi connectivity index (χ0v) is 15.0. The number of piperidine rings is 1. The highest BCUT2D eigenvalue weighted by atomic mass is 16.6. The first-order chi connectivity index (χ1) is 12.8. The molecule has 2 aliphatic rings. The Morgan fingerprint density at radius 1 is 1.15 bits per heavy atom. The number of nitrogens with zero attached hydrogens (tertiary/aromatic N) is 3. The van der Waals surface area contributed by atoms with Gasteiger partial charge in [-0.1, -0.05) is 30.3 Å². The van der Waals surface area contributed by atoms with E-state index in [0.717, 1.165) is 37.3 Å². The molecule has 0 aliphatic carbocycles. The van der Waals surface area contributed by atoms with Crippen molar-refractivity contribution in [1.82, 2.24) is 19.7 Å². The second kappa shape index (κ2) is 8.16. The van der Waals surface area contributed by atoms with Gasteiger partial charge in [0.05, 0.1) is 32.9 Å². The van der Waals surface area contributed by atoms with Crippen molar-refractivity contribution in [2.75, 3.05) is 32.9 Å². The van der Waals surface area contributed by atoms with Crippen molar-refractivity contribution >= 4 is 0 Å². The molecule has 1 unspecified atom stereocenters. The van der Waals surface area contributed by atoms with Crippen LogP contribution in [-0.2, 0) is 22.6 Å². The molecule has 0 saturated carbocycles. The van der Waals surface area contributed by atoms with Gasteiger partial charge >= 0.3 is 5.69 Å². The molecular weight excluding hydrogens is 332 g/mol. The summed E-state index contributed by atoms with van der Waals surface area (Å²) >= 11 is 0. The molecule has 4 rings (SSSR count). The standard InChI is InChI=1S/C19H26N4O3/c24-19-22(12-15-4-2-1-3-5-15)18(16-6-8-20-9-7-16)21-23(19)13-17-14-25-10-11-26-17/h1-5,16-17,20H,6-14H2. The molecule has 2 aliphatic heterocycles. The van der Waals surface area contributed by atoms with E-state index in [-0.39, 0.29) is 11.8 Å². The molecule has 1 aromatic heterocycles. The van der Waals surface area contributed by atoms with E-state index in [2.05, 4.69) is 5.32 Å². The lowest BCUT2D eigenvalue weighted by atomic mass is 9.97. The van der Waals surface area contributed by atoms with E-state index < -0.39 is 0 Å². The second-order valence-electron chi connectivity index (χ2n) is 6.99. The molecule has 0 bridgehead atoms. The summed E-state index contributed by atoms with van der Waals surface area (Å²) in [4.78, 5) is 13.1. The fraction of sp³-hybridized carbons (Fsp3) is 0.579. The largest absolute Gasteiger partial charge is 0.376 e. The summed E-state index contributed by atoms with van der Waals surface area (Å²) in [5.41, 5.74) is 1.05. The van der Waals surface area contributed by atoms with Crippen molar-refractivity contribution in [3.8, 4) is 0 Å². The average molecular weight is 358 g/mol. The van der Waals surface area contributed by atoms with E-state index in [0.29, 0.717) is 38.8 Å². The fourth-order valence-electron chi connectivity index (χ4n) is 3.71. The number of hydrogen-bond acceptors (Lipinski definition) is 5. The summed E-state index contributed by atoms with van der Waals surface area (Å²) in [5, 5.41) is 8.11.